The van der Waals surface area contributed by atoms with Crippen molar-refractivity contribution in [2.75, 3.05) is 16.5 Å². The first-order valence-electron chi connectivity index (χ1n) is 4.01. The molecule has 0 spiro atoms. The summed E-state index contributed by atoms with van der Waals surface area (Å²) in [6, 6.07) is 4.31. The third-order valence-electron chi connectivity index (χ3n) is 1.96. The SMILES string of the molecule is O=C1CSCN1c1ccc(F)c(Cl)c1. The van der Waals surface area contributed by atoms with Crippen LogP contribution in [0.15, 0.2) is 18.2 Å². The molecule has 1 fully saturated rings. The van der Waals surface area contributed by atoms with Gasteiger partial charge in [0, 0.05) is 5.69 Å². The molecule has 1 amide bonds. The Labute approximate surface area is 90.0 Å². The first kappa shape index (κ1) is 9.80. The minimum atomic E-state index is -0.463. The maximum absolute atomic E-state index is 12.8. The van der Waals surface area contributed by atoms with Crippen LogP contribution in [-0.4, -0.2) is 17.5 Å². The van der Waals surface area contributed by atoms with Crippen LogP contribution in [0.4, 0.5) is 10.1 Å². The van der Waals surface area contributed by atoms with Gasteiger partial charge in [-0.25, -0.2) is 4.39 Å². The number of benzene rings is 1. The molecule has 0 bridgehead atoms. The molecule has 2 rings (SSSR count). The van der Waals surface area contributed by atoms with Crippen molar-refractivity contribution in [1.82, 2.24) is 0 Å². The van der Waals surface area contributed by atoms with Gasteiger partial charge in [0.2, 0.25) is 5.91 Å². The van der Waals surface area contributed by atoms with E-state index in [0.29, 0.717) is 17.3 Å². The largest absolute Gasteiger partial charge is 0.302 e. The first-order valence-corrected chi connectivity index (χ1v) is 5.55. The zero-order valence-electron chi connectivity index (χ0n) is 7.17. The lowest BCUT2D eigenvalue weighted by Gasteiger charge is -2.14. The molecule has 0 atom stereocenters. The van der Waals surface area contributed by atoms with Crippen LogP contribution in [-0.2, 0) is 4.79 Å². The highest BCUT2D eigenvalue weighted by Gasteiger charge is 2.22. The molecule has 0 aliphatic carbocycles. The number of halogens is 2. The van der Waals surface area contributed by atoms with E-state index in [9.17, 15) is 9.18 Å². The van der Waals surface area contributed by atoms with Gasteiger partial charge in [-0.2, -0.15) is 0 Å². The van der Waals surface area contributed by atoms with Crippen molar-refractivity contribution in [2.24, 2.45) is 0 Å². The fourth-order valence-corrected chi connectivity index (χ4v) is 2.32. The maximum atomic E-state index is 12.8. The van der Waals surface area contributed by atoms with E-state index < -0.39 is 5.82 Å². The number of anilines is 1. The third kappa shape index (κ3) is 1.72. The van der Waals surface area contributed by atoms with Gasteiger partial charge >= 0.3 is 0 Å². The molecular weight excluding hydrogens is 225 g/mol. The van der Waals surface area contributed by atoms with Crippen LogP contribution >= 0.6 is 23.4 Å². The van der Waals surface area contributed by atoms with Crippen molar-refractivity contribution in [3.05, 3.63) is 29.0 Å². The number of thioether (sulfide) groups is 1. The van der Waals surface area contributed by atoms with Crippen molar-refractivity contribution in [3.8, 4) is 0 Å². The smallest absolute Gasteiger partial charge is 0.237 e. The molecule has 0 N–H and O–H groups in total. The highest BCUT2D eigenvalue weighted by atomic mass is 35.5. The lowest BCUT2D eigenvalue weighted by molar-refractivity contribution is -0.115. The molecule has 5 heteroatoms. The van der Waals surface area contributed by atoms with Gasteiger partial charge in [-0.3, -0.25) is 4.79 Å². The number of rotatable bonds is 1. The van der Waals surface area contributed by atoms with Crippen molar-refractivity contribution < 1.29 is 9.18 Å². The van der Waals surface area contributed by atoms with E-state index in [-0.39, 0.29) is 10.9 Å². The number of hydrogen-bond donors (Lipinski definition) is 0. The number of hydrogen-bond acceptors (Lipinski definition) is 2. The van der Waals surface area contributed by atoms with E-state index in [1.54, 1.807) is 11.0 Å². The quantitative estimate of drug-likeness (QED) is 0.740. The number of carbonyl (C=O) groups is 1. The lowest BCUT2D eigenvalue weighted by atomic mass is 10.3. The minimum Gasteiger partial charge on any atom is -0.302 e. The average molecular weight is 232 g/mol. The first-order chi connectivity index (χ1) is 6.68. The Bertz CT molecular complexity index is 385. The van der Waals surface area contributed by atoms with E-state index in [1.165, 1.54) is 23.9 Å². The Morgan fingerprint density at radius 2 is 2.29 bits per heavy atom. The minimum absolute atomic E-state index is 0.0395. The van der Waals surface area contributed by atoms with E-state index in [0.717, 1.165) is 0 Å². The van der Waals surface area contributed by atoms with Gasteiger partial charge in [0.1, 0.15) is 5.82 Å². The maximum Gasteiger partial charge on any atom is 0.237 e. The highest BCUT2D eigenvalue weighted by molar-refractivity contribution is 8.00. The summed E-state index contributed by atoms with van der Waals surface area (Å²) < 4.78 is 12.8. The fourth-order valence-electron chi connectivity index (χ4n) is 1.25. The molecule has 2 nitrogen and oxygen atoms in total. The fraction of sp³-hybridized carbons (Fsp3) is 0.222. The van der Waals surface area contributed by atoms with Crippen LogP contribution in [0.1, 0.15) is 0 Å². The highest BCUT2D eigenvalue weighted by Crippen LogP contribution is 2.27. The van der Waals surface area contributed by atoms with Crippen LogP contribution in [0, 0.1) is 5.82 Å². The van der Waals surface area contributed by atoms with Gasteiger partial charge in [0.05, 0.1) is 16.7 Å². The number of carbonyl (C=O) groups excluding carboxylic acids is 1. The Morgan fingerprint density at radius 3 is 2.86 bits per heavy atom. The normalized spacial score (nSPS) is 16.4. The number of nitrogens with zero attached hydrogens (tertiary/aromatic N) is 1. The summed E-state index contributed by atoms with van der Waals surface area (Å²) in [5.41, 5.74) is 0.659. The van der Waals surface area contributed by atoms with E-state index in [1.807, 2.05) is 0 Å². The zero-order valence-corrected chi connectivity index (χ0v) is 8.74. The van der Waals surface area contributed by atoms with Gasteiger partial charge in [-0.1, -0.05) is 11.6 Å². The molecule has 0 unspecified atom stereocenters. The number of amides is 1. The molecule has 14 heavy (non-hydrogen) atoms. The zero-order chi connectivity index (χ0) is 10.1. The summed E-state index contributed by atoms with van der Waals surface area (Å²) in [5.74, 6) is 0.669. The van der Waals surface area contributed by atoms with Gasteiger partial charge in [-0.05, 0) is 18.2 Å². The van der Waals surface area contributed by atoms with Crippen molar-refractivity contribution in [3.63, 3.8) is 0 Å². The lowest BCUT2D eigenvalue weighted by Crippen LogP contribution is -2.24. The Balaban J connectivity index is 2.32. The average Bonchev–Trinajstić information content (AvgIpc) is 2.57. The predicted octanol–water partition coefficient (Wildman–Crippen LogP) is 2.52. The van der Waals surface area contributed by atoms with E-state index in [2.05, 4.69) is 0 Å². The molecule has 1 saturated heterocycles. The molecular formula is C9H7ClFNOS. The molecule has 0 aromatic heterocycles. The summed E-state index contributed by atoms with van der Waals surface area (Å²) in [6.07, 6.45) is 0. The van der Waals surface area contributed by atoms with E-state index >= 15 is 0 Å². The second-order valence-corrected chi connectivity index (χ2v) is 4.26. The summed E-state index contributed by atoms with van der Waals surface area (Å²) in [7, 11) is 0. The molecule has 1 aliphatic rings. The standard InChI is InChI=1S/C9H7ClFNOS/c10-7-3-6(1-2-8(7)11)12-5-14-4-9(12)13/h1-3H,4-5H2. The van der Waals surface area contributed by atoms with Crippen LogP contribution in [0.5, 0.6) is 0 Å². The summed E-state index contributed by atoms with van der Waals surface area (Å²) in [4.78, 5) is 12.9. The molecule has 74 valence electrons. The Morgan fingerprint density at radius 1 is 1.50 bits per heavy atom. The van der Waals surface area contributed by atoms with Gasteiger partial charge in [0.25, 0.3) is 0 Å². The van der Waals surface area contributed by atoms with Crippen molar-refractivity contribution >= 4 is 35.0 Å². The van der Waals surface area contributed by atoms with Crippen molar-refractivity contribution in [2.45, 2.75) is 0 Å². The van der Waals surface area contributed by atoms with Crippen LogP contribution in [0.2, 0.25) is 5.02 Å². The Kier molecular flexibility index (Phi) is 2.65. The van der Waals surface area contributed by atoms with Gasteiger partial charge < -0.3 is 4.90 Å². The second-order valence-electron chi connectivity index (χ2n) is 2.90. The monoisotopic (exact) mass is 231 g/mol. The summed E-state index contributed by atoms with van der Waals surface area (Å²) in [5, 5.41) is 0.0483. The van der Waals surface area contributed by atoms with Crippen LogP contribution in [0.3, 0.4) is 0 Å². The van der Waals surface area contributed by atoms with E-state index in [4.69, 9.17) is 11.6 Å². The molecule has 1 aromatic rings. The third-order valence-corrected chi connectivity index (χ3v) is 3.14. The molecule has 1 heterocycles. The van der Waals surface area contributed by atoms with Crippen LogP contribution < -0.4 is 4.90 Å². The second kappa shape index (κ2) is 3.79. The molecule has 1 aromatic carbocycles. The molecule has 1 aliphatic heterocycles. The summed E-state index contributed by atoms with van der Waals surface area (Å²) >= 11 is 7.15. The van der Waals surface area contributed by atoms with Crippen molar-refractivity contribution in [1.29, 1.82) is 0 Å². The Hall–Kier alpha value is -0.740. The molecule has 0 saturated carbocycles. The van der Waals surface area contributed by atoms with Gasteiger partial charge in [-0.15, -0.1) is 11.8 Å². The van der Waals surface area contributed by atoms with Gasteiger partial charge in [0.15, 0.2) is 0 Å². The summed E-state index contributed by atoms with van der Waals surface area (Å²) in [6.45, 7) is 0. The van der Waals surface area contributed by atoms with Crippen LogP contribution in [0.25, 0.3) is 0 Å². The topological polar surface area (TPSA) is 20.3 Å². The predicted molar refractivity (Wildman–Crippen MR) is 56.2 cm³/mol. The molecule has 0 radical (unpaired) electrons.